The van der Waals surface area contributed by atoms with E-state index in [1.165, 1.54) is 0 Å². The number of anilines is 1. The standard InChI is InChI=1S/C19H16ClN3OS/c1-3-11-23(4-2)19(24)21-15-8-5-13(6-9-15)18-22-16-10-7-14(20)12-17(16)25-18/h1,5-10,12H,4,11H2,2H3,(H,21,24). The molecule has 0 saturated heterocycles. The predicted octanol–water partition coefficient (Wildman–Crippen LogP) is 5.10. The lowest BCUT2D eigenvalue weighted by atomic mass is 10.2. The SMILES string of the molecule is C#CCN(CC)C(=O)Nc1ccc(-c2nc3ccc(Cl)cc3s2)cc1. The molecule has 0 unspecified atom stereocenters. The first-order valence-corrected chi connectivity index (χ1v) is 8.96. The number of amides is 2. The zero-order valence-corrected chi connectivity index (χ0v) is 15.2. The van der Waals surface area contributed by atoms with Gasteiger partial charge in [0.25, 0.3) is 0 Å². The zero-order valence-electron chi connectivity index (χ0n) is 13.6. The topological polar surface area (TPSA) is 45.2 Å². The number of terminal acetylenes is 1. The molecule has 0 aliphatic heterocycles. The molecule has 1 heterocycles. The molecular formula is C19H16ClN3OS. The molecule has 1 aromatic heterocycles. The van der Waals surface area contributed by atoms with Crippen molar-refractivity contribution in [2.24, 2.45) is 0 Å². The Kier molecular flexibility index (Phi) is 5.22. The van der Waals surface area contributed by atoms with Crippen molar-refractivity contribution in [1.29, 1.82) is 0 Å². The Bertz CT molecular complexity index is 943. The normalized spacial score (nSPS) is 10.4. The summed E-state index contributed by atoms with van der Waals surface area (Å²) < 4.78 is 1.05. The highest BCUT2D eigenvalue weighted by Crippen LogP contribution is 2.32. The van der Waals surface area contributed by atoms with E-state index in [-0.39, 0.29) is 12.6 Å². The lowest BCUT2D eigenvalue weighted by Crippen LogP contribution is -2.34. The van der Waals surface area contributed by atoms with Gasteiger partial charge in [0.2, 0.25) is 0 Å². The highest BCUT2D eigenvalue weighted by atomic mass is 35.5. The van der Waals surface area contributed by atoms with Crippen molar-refractivity contribution in [3.05, 3.63) is 47.5 Å². The lowest BCUT2D eigenvalue weighted by Gasteiger charge is -2.18. The maximum atomic E-state index is 12.1. The molecule has 3 rings (SSSR count). The van der Waals surface area contributed by atoms with Gasteiger partial charge in [-0.05, 0) is 49.4 Å². The van der Waals surface area contributed by atoms with Crippen molar-refractivity contribution >= 4 is 44.9 Å². The highest BCUT2D eigenvalue weighted by Gasteiger charge is 2.11. The molecule has 0 aliphatic carbocycles. The molecule has 4 nitrogen and oxygen atoms in total. The number of thiazole rings is 1. The van der Waals surface area contributed by atoms with E-state index >= 15 is 0 Å². The maximum absolute atomic E-state index is 12.1. The molecule has 126 valence electrons. The summed E-state index contributed by atoms with van der Waals surface area (Å²) in [4.78, 5) is 18.3. The van der Waals surface area contributed by atoms with Crippen LogP contribution >= 0.6 is 22.9 Å². The van der Waals surface area contributed by atoms with E-state index in [0.717, 1.165) is 20.8 Å². The number of benzene rings is 2. The minimum Gasteiger partial charge on any atom is -0.314 e. The molecule has 3 aromatic rings. The minimum atomic E-state index is -0.206. The first-order valence-electron chi connectivity index (χ1n) is 7.76. The number of fused-ring (bicyclic) bond motifs is 1. The second kappa shape index (κ2) is 7.56. The van der Waals surface area contributed by atoms with Gasteiger partial charge in [0.05, 0.1) is 16.8 Å². The molecule has 0 fully saturated rings. The Morgan fingerprint density at radius 2 is 2.08 bits per heavy atom. The smallest absolute Gasteiger partial charge is 0.314 e. The van der Waals surface area contributed by atoms with Crippen LogP contribution in [-0.4, -0.2) is 29.0 Å². The third-order valence-electron chi connectivity index (χ3n) is 3.68. The number of urea groups is 1. The van der Waals surface area contributed by atoms with E-state index in [4.69, 9.17) is 18.0 Å². The molecular weight excluding hydrogens is 354 g/mol. The van der Waals surface area contributed by atoms with E-state index in [2.05, 4.69) is 16.2 Å². The van der Waals surface area contributed by atoms with Crippen LogP contribution in [0.3, 0.4) is 0 Å². The molecule has 0 spiro atoms. The van der Waals surface area contributed by atoms with E-state index in [9.17, 15) is 4.79 Å². The van der Waals surface area contributed by atoms with Gasteiger partial charge >= 0.3 is 6.03 Å². The quantitative estimate of drug-likeness (QED) is 0.650. The Labute approximate surface area is 155 Å². The number of carbonyl (C=O) groups excluding carboxylic acids is 1. The van der Waals surface area contributed by atoms with Gasteiger partial charge in [0.15, 0.2) is 0 Å². The van der Waals surface area contributed by atoms with E-state index in [1.54, 1.807) is 16.2 Å². The highest BCUT2D eigenvalue weighted by molar-refractivity contribution is 7.21. The molecule has 0 atom stereocenters. The maximum Gasteiger partial charge on any atom is 0.322 e. The summed E-state index contributed by atoms with van der Waals surface area (Å²) in [7, 11) is 0. The summed E-state index contributed by atoms with van der Waals surface area (Å²) in [5, 5.41) is 4.46. The first kappa shape index (κ1) is 17.3. The Morgan fingerprint density at radius 3 is 2.76 bits per heavy atom. The van der Waals surface area contributed by atoms with Crippen molar-refractivity contribution in [1.82, 2.24) is 9.88 Å². The average molecular weight is 370 g/mol. The second-order valence-electron chi connectivity index (χ2n) is 5.36. The molecule has 6 heteroatoms. The van der Waals surface area contributed by atoms with Crippen LogP contribution in [0.4, 0.5) is 10.5 Å². The molecule has 0 radical (unpaired) electrons. The number of nitrogens with zero attached hydrogens (tertiary/aromatic N) is 2. The van der Waals surface area contributed by atoms with E-state index in [0.29, 0.717) is 17.3 Å². The van der Waals surface area contributed by atoms with Crippen molar-refractivity contribution in [3.8, 4) is 22.9 Å². The molecule has 0 aliphatic rings. The Balaban J connectivity index is 1.77. The minimum absolute atomic E-state index is 0.206. The van der Waals surface area contributed by atoms with Gasteiger partial charge in [-0.25, -0.2) is 9.78 Å². The number of hydrogen-bond donors (Lipinski definition) is 1. The van der Waals surface area contributed by atoms with Gasteiger partial charge in [-0.15, -0.1) is 17.8 Å². The van der Waals surface area contributed by atoms with Gasteiger partial charge in [0, 0.05) is 22.8 Å². The fourth-order valence-electron chi connectivity index (χ4n) is 2.36. The summed E-state index contributed by atoms with van der Waals surface area (Å²) in [5.74, 6) is 2.48. The summed E-state index contributed by atoms with van der Waals surface area (Å²) in [5.41, 5.74) is 2.63. The first-order chi connectivity index (χ1) is 12.1. The fraction of sp³-hybridized carbons (Fsp3) is 0.158. The van der Waals surface area contributed by atoms with Gasteiger partial charge in [-0.2, -0.15) is 0 Å². The monoisotopic (exact) mass is 369 g/mol. The van der Waals surface area contributed by atoms with Crippen LogP contribution in [-0.2, 0) is 0 Å². The lowest BCUT2D eigenvalue weighted by molar-refractivity contribution is 0.220. The largest absolute Gasteiger partial charge is 0.322 e. The Morgan fingerprint density at radius 1 is 1.32 bits per heavy atom. The molecule has 25 heavy (non-hydrogen) atoms. The predicted molar refractivity (Wildman–Crippen MR) is 105 cm³/mol. The number of carbonyl (C=O) groups is 1. The van der Waals surface area contributed by atoms with E-state index in [1.807, 2.05) is 49.4 Å². The van der Waals surface area contributed by atoms with Crippen LogP contribution in [0.2, 0.25) is 5.02 Å². The molecule has 0 bridgehead atoms. The van der Waals surface area contributed by atoms with Gasteiger partial charge in [-0.3, -0.25) is 0 Å². The van der Waals surface area contributed by atoms with Crippen LogP contribution in [0.1, 0.15) is 6.92 Å². The van der Waals surface area contributed by atoms with Crippen molar-refractivity contribution < 1.29 is 4.79 Å². The number of nitrogens with one attached hydrogen (secondary N) is 1. The zero-order chi connectivity index (χ0) is 17.8. The molecule has 0 saturated carbocycles. The second-order valence-corrected chi connectivity index (χ2v) is 6.82. The Hall–Kier alpha value is -2.55. The van der Waals surface area contributed by atoms with Gasteiger partial charge in [0.1, 0.15) is 5.01 Å². The third-order valence-corrected chi connectivity index (χ3v) is 4.99. The van der Waals surface area contributed by atoms with Crippen LogP contribution in [0.15, 0.2) is 42.5 Å². The van der Waals surface area contributed by atoms with E-state index < -0.39 is 0 Å². The van der Waals surface area contributed by atoms with Crippen molar-refractivity contribution in [2.45, 2.75) is 6.92 Å². The van der Waals surface area contributed by atoms with Crippen LogP contribution < -0.4 is 5.32 Å². The summed E-state index contributed by atoms with van der Waals surface area (Å²) in [6.07, 6.45) is 5.28. The van der Waals surface area contributed by atoms with Crippen molar-refractivity contribution in [3.63, 3.8) is 0 Å². The van der Waals surface area contributed by atoms with Crippen molar-refractivity contribution in [2.75, 3.05) is 18.4 Å². The van der Waals surface area contributed by atoms with Crippen LogP contribution in [0.5, 0.6) is 0 Å². The summed E-state index contributed by atoms with van der Waals surface area (Å²) in [6, 6.07) is 13.0. The fourth-order valence-corrected chi connectivity index (χ4v) is 3.61. The third kappa shape index (κ3) is 3.93. The summed E-state index contributed by atoms with van der Waals surface area (Å²) >= 11 is 7.61. The van der Waals surface area contributed by atoms with Crippen LogP contribution in [0.25, 0.3) is 20.8 Å². The molecule has 2 amide bonds. The number of rotatable bonds is 4. The summed E-state index contributed by atoms with van der Waals surface area (Å²) in [6.45, 7) is 2.73. The number of aromatic nitrogens is 1. The van der Waals surface area contributed by atoms with Crippen LogP contribution in [0, 0.1) is 12.3 Å². The average Bonchev–Trinajstić information content (AvgIpc) is 3.03. The molecule has 2 aromatic carbocycles. The molecule has 1 N–H and O–H groups in total. The number of halogens is 1. The van der Waals surface area contributed by atoms with Gasteiger partial charge in [-0.1, -0.05) is 17.5 Å². The van der Waals surface area contributed by atoms with Gasteiger partial charge < -0.3 is 10.2 Å². The number of hydrogen-bond acceptors (Lipinski definition) is 3.